The highest BCUT2D eigenvalue weighted by molar-refractivity contribution is 6.00. The SMILES string of the molecule is COc1ccc2[nH]c(C(=O)N3CC(=O)N(Cc4ccc5ccn(C(C)C)c5c4)[C@@H](Cc4ccccc4)C3)cc2c1. The molecule has 0 aliphatic carbocycles. The fraction of sp³-hybridized carbons (Fsp3) is 0.273. The molecular formula is C33H34N4O3. The molecule has 0 unspecified atom stereocenters. The highest BCUT2D eigenvalue weighted by Crippen LogP contribution is 2.26. The molecule has 3 aromatic carbocycles. The van der Waals surface area contributed by atoms with Crippen molar-refractivity contribution in [3.63, 3.8) is 0 Å². The van der Waals surface area contributed by atoms with Crippen molar-refractivity contribution in [3.05, 3.63) is 102 Å². The Bertz CT molecular complexity index is 1680. The highest BCUT2D eigenvalue weighted by atomic mass is 16.5. The van der Waals surface area contributed by atoms with Gasteiger partial charge in [0.15, 0.2) is 0 Å². The molecule has 7 heteroatoms. The first-order chi connectivity index (χ1) is 19.4. The number of aromatic amines is 1. The first kappa shape index (κ1) is 25.7. The number of aromatic nitrogens is 2. The van der Waals surface area contributed by atoms with Gasteiger partial charge in [0.25, 0.3) is 5.91 Å². The highest BCUT2D eigenvalue weighted by Gasteiger charge is 2.35. The number of rotatable bonds is 7. The third-order valence-electron chi connectivity index (χ3n) is 7.88. The van der Waals surface area contributed by atoms with Gasteiger partial charge in [0.2, 0.25) is 5.91 Å². The second kappa shape index (κ2) is 10.6. The number of nitrogens with zero attached hydrogens (tertiary/aromatic N) is 3. The Balaban J connectivity index is 1.28. The third-order valence-corrected chi connectivity index (χ3v) is 7.88. The lowest BCUT2D eigenvalue weighted by Crippen LogP contribution is -2.58. The van der Waals surface area contributed by atoms with Crippen molar-refractivity contribution in [1.29, 1.82) is 0 Å². The minimum absolute atomic E-state index is 0.0438. The summed E-state index contributed by atoms with van der Waals surface area (Å²) >= 11 is 0. The Morgan fingerprint density at radius 2 is 1.80 bits per heavy atom. The Labute approximate surface area is 234 Å². The number of benzene rings is 3. The topological polar surface area (TPSA) is 70.6 Å². The van der Waals surface area contributed by atoms with Gasteiger partial charge in [0, 0.05) is 41.7 Å². The number of methoxy groups -OCH3 is 1. The van der Waals surface area contributed by atoms with Gasteiger partial charge in [-0.2, -0.15) is 0 Å². The molecule has 40 heavy (non-hydrogen) atoms. The molecule has 5 aromatic rings. The van der Waals surface area contributed by atoms with Crippen molar-refractivity contribution >= 4 is 33.6 Å². The molecule has 3 heterocycles. The van der Waals surface area contributed by atoms with Gasteiger partial charge in [-0.05, 0) is 73.2 Å². The maximum atomic E-state index is 13.7. The molecule has 2 amide bonds. The van der Waals surface area contributed by atoms with Gasteiger partial charge >= 0.3 is 0 Å². The quantitative estimate of drug-likeness (QED) is 0.287. The lowest BCUT2D eigenvalue weighted by Gasteiger charge is -2.41. The molecule has 1 aliphatic heterocycles. The minimum atomic E-state index is -0.169. The number of ether oxygens (including phenoxy) is 1. The molecule has 1 atom stereocenters. The lowest BCUT2D eigenvalue weighted by molar-refractivity contribution is -0.139. The van der Waals surface area contributed by atoms with Crippen LogP contribution in [0.15, 0.2) is 85.1 Å². The van der Waals surface area contributed by atoms with E-state index in [1.165, 1.54) is 10.9 Å². The van der Waals surface area contributed by atoms with E-state index < -0.39 is 0 Å². The molecule has 1 fully saturated rings. The smallest absolute Gasteiger partial charge is 0.270 e. The predicted molar refractivity (Wildman–Crippen MR) is 158 cm³/mol. The van der Waals surface area contributed by atoms with Crippen LogP contribution in [0, 0.1) is 0 Å². The van der Waals surface area contributed by atoms with E-state index in [4.69, 9.17) is 4.74 Å². The summed E-state index contributed by atoms with van der Waals surface area (Å²) in [6, 6.07) is 26.4. The monoisotopic (exact) mass is 534 g/mol. The Hall–Kier alpha value is -4.52. The van der Waals surface area contributed by atoms with Crippen molar-refractivity contribution in [1.82, 2.24) is 19.4 Å². The number of carbonyl (C=O) groups is 2. The summed E-state index contributed by atoms with van der Waals surface area (Å²) < 4.78 is 7.59. The number of amides is 2. The van der Waals surface area contributed by atoms with Crippen molar-refractivity contribution in [2.75, 3.05) is 20.2 Å². The first-order valence-corrected chi connectivity index (χ1v) is 13.8. The second-order valence-electron chi connectivity index (χ2n) is 10.9. The molecule has 0 saturated carbocycles. The minimum Gasteiger partial charge on any atom is -0.497 e. The van der Waals surface area contributed by atoms with Crippen LogP contribution < -0.4 is 4.74 Å². The van der Waals surface area contributed by atoms with E-state index in [0.717, 1.165) is 27.8 Å². The molecular weight excluding hydrogens is 500 g/mol. The van der Waals surface area contributed by atoms with Crippen LogP contribution >= 0.6 is 0 Å². The zero-order chi connectivity index (χ0) is 27.8. The zero-order valence-corrected chi connectivity index (χ0v) is 23.1. The van der Waals surface area contributed by atoms with Crippen LogP contribution in [0.25, 0.3) is 21.8 Å². The van der Waals surface area contributed by atoms with Crippen LogP contribution in [0.2, 0.25) is 0 Å². The van der Waals surface area contributed by atoms with E-state index in [2.05, 4.69) is 66.0 Å². The fourth-order valence-electron chi connectivity index (χ4n) is 5.77. The molecule has 0 spiro atoms. The normalized spacial score (nSPS) is 15.9. The van der Waals surface area contributed by atoms with E-state index in [-0.39, 0.29) is 24.4 Å². The number of hydrogen-bond acceptors (Lipinski definition) is 3. The molecule has 2 aromatic heterocycles. The first-order valence-electron chi connectivity index (χ1n) is 13.8. The predicted octanol–water partition coefficient (Wildman–Crippen LogP) is 5.81. The average Bonchev–Trinajstić information content (AvgIpc) is 3.58. The second-order valence-corrected chi connectivity index (χ2v) is 10.9. The number of hydrogen-bond donors (Lipinski definition) is 1. The summed E-state index contributed by atoms with van der Waals surface area (Å²) in [4.78, 5) is 34.2. The Morgan fingerprint density at radius 1 is 0.975 bits per heavy atom. The molecule has 1 aliphatic rings. The molecule has 1 saturated heterocycles. The fourth-order valence-corrected chi connectivity index (χ4v) is 5.77. The van der Waals surface area contributed by atoms with Crippen molar-refractivity contribution in [2.45, 2.75) is 38.9 Å². The molecule has 204 valence electrons. The van der Waals surface area contributed by atoms with Gasteiger partial charge in [-0.1, -0.05) is 42.5 Å². The molecule has 7 nitrogen and oxygen atoms in total. The van der Waals surface area contributed by atoms with E-state index in [1.54, 1.807) is 12.0 Å². The van der Waals surface area contributed by atoms with Gasteiger partial charge in [-0.3, -0.25) is 9.59 Å². The molecule has 0 bridgehead atoms. The van der Waals surface area contributed by atoms with Crippen molar-refractivity contribution < 1.29 is 14.3 Å². The standard InChI is InChI=1S/C33H34N4O3/c1-22(2)36-14-13-25-10-9-24(16-31(25)36)19-37-27(15-23-7-5-4-6-8-23)20-35(21-32(37)38)33(39)30-18-26-17-28(40-3)11-12-29(26)34-30/h4-14,16-18,22,27,34H,15,19-21H2,1-3H3/t27-/m0/s1. The summed E-state index contributed by atoms with van der Waals surface area (Å²) in [5.74, 6) is 0.520. The average molecular weight is 535 g/mol. The number of carbonyl (C=O) groups excluding carboxylic acids is 2. The zero-order valence-electron chi connectivity index (χ0n) is 23.1. The van der Waals surface area contributed by atoms with Gasteiger partial charge in [-0.15, -0.1) is 0 Å². The van der Waals surface area contributed by atoms with E-state index in [9.17, 15) is 9.59 Å². The number of nitrogens with one attached hydrogen (secondary N) is 1. The van der Waals surface area contributed by atoms with E-state index in [1.807, 2.05) is 47.4 Å². The summed E-state index contributed by atoms with van der Waals surface area (Å²) in [5.41, 5.74) is 4.73. The van der Waals surface area contributed by atoms with Gasteiger partial charge < -0.3 is 24.1 Å². The van der Waals surface area contributed by atoms with Crippen LogP contribution in [-0.2, 0) is 17.8 Å². The maximum Gasteiger partial charge on any atom is 0.270 e. The number of H-pyrrole nitrogens is 1. The summed E-state index contributed by atoms with van der Waals surface area (Å²) in [7, 11) is 1.62. The Morgan fingerprint density at radius 3 is 2.58 bits per heavy atom. The summed E-state index contributed by atoms with van der Waals surface area (Å²) in [6.07, 6.45) is 2.79. The van der Waals surface area contributed by atoms with Gasteiger partial charge in [0.05, 0.1) is 13.2 Å². The Kier molecular flexibility index (Phi) is 6.80. The summed E-state index contributed by atoms with van der Waals surface area (Å²) in [6.45, 7) is 5.36. The van der Waals surface area contributed by atoms with Gasteiger partial charge in [-0.25, -0.2) is 0 Å². The van der Waals surface area contributed by atoms with Crippen LogP contribution in [0.5, 0.6) is 5.75 Å². The largest absolute Gasteiger partial charge is 0.497 e. The third kappa shape index (κ3) is 4.95. The van der Waals surface area contributed by atoms with Crippen LogP contribution in [0.1, 0.15) is 41.5 Å². The molecule has 6 rings (SSSR count). The van der Waals surface area contributed by atoms with Crippen LogP contribution in [-0.4, -0.2) is 57.4 Å². The van der Waals surface area contributed by atoms with Crippen LogP contribution in [0.3, 0.4) is 0 Å². The van der Waals surface area contributed by atoms with Crippen LogP contribution in [0.4, 0.5) is 0 Å². The van der Waals surface area contributed by atoms with Crippen molar-refractivity contribution in [2.24, 2.45) is 0 Å². The number of fused-ring (bicyclic) bond motifs is 2. The molecule has 1 N–H and O–H groups in total. The van der Waals surface area contributed by atoms with Crippen molar-refractivity contribution in [3.8, 4) is 5.75 Å². The van der Waals surface area contributed by atoms with E-state index >= 15 is 0 Å². The maximum absolute atomic E-state index is 13.7. The number of piperazine rings is 1. The van der Waals surface area contributed by atoms with E-state index in [0.29, 0.717) is 31.2 Å². The lowest BCUT2D eigenvalue weighted by atomic mass is 10.0. The van der Waals surface area contributed by atoms with Gasteiger partial charge in [0.1, 0.15) is 18.0 Å². The molecule has 0 radical (unpaired) electrons. The summed E-state index contributed by atoms with van der Waals surface area (Å²) in [5, 5.41) is 2.09.